The summed E-state index contributed by atoms with van der Waals surface area (Å²) in [5, 5.41) is 0. The highest BCUT2D eigenvalue weighted by Gasteiger charge is 2.03. The van der Waals surface area contributed by atoms with Gasteiger partial charge in [0.05, 0.1) is 0 Å². The zero-order valence-electron chi connectivity index (χ0n) is 7.98. The van der Waals surface area contributed by atoms with Crippen LogP contribution in [0, 0.1) is 12.7 Å². The van der Waals surface area contributed by atoms with Crippen LogP contribution >= 0.6 is 0 Å². The van der Waals surface area contributed by atoms with E-state index >= 15 is 0 Å². The molecule has 0 atom stereocenters. The van der Waals surface area contributed by atoms with Crippen molar-refractivity contribution in [1.29, 1.82) is 0 Å². The summed E-state index contributed by atoms with van der Waals surface area (Å²) in [5.74, 6) is 0.0944. The van der Waals surface area contributed by atoms with E-state index in [1.807, 2.05) is 0 Å². The Kier molecular flexibility index (Phi) is 2.63. The van der Waals surface area contributed by atoms with E-state index in [9.17, 15) is 4.39 Å². The number of hydrogen-bond donors (Lipinski definition) is 0. The van der Waals surface area contributed by atoms with Gasteiger partial charge in [-0.1, -0.05) is 18.2 Å². The summed E-state index contributed by atoms with van der Waals surface area (Å²) < 4.78 is 18.5. The Balaban J connectivity index is 2.26. The van der Waals surface area contributed by atoms with E-state index in [0.29, 0.717) is 11.6 Å². The number of ether oxygens (including phenoxy) is 1. The number of halogens is 1. The van der Waals surface area contributed by atoms with Crippen LogP contribution in [0.2, 0.25) is 0 Å². The molecule has 0 aliphatic rings. The van der Waals surface area contributed by atoms with E-state index in [1.54, 1.807) is 36.4 Å². The summed E-state index contributed by atoms with van der Waals surface area (Å²) >= 11 is 0. The summed E-state index contributed by atoms with van der Waals surface area (Å²) in [5.41, 5.74) is 0.587. The fourth-order valence-corrected chi connectivity index (χ4v) is 1.15. The summed E-state index contributed by atoms with van der Waals surface area (Å²) in [6, 6.07) is 11.3. The average molecular weight is 202 g/mol. The molecule has 1 heterocycles. The second kappa shape index (κ2) is 4.09. The van der Waals surface area contributed by atoms with Crippen LogP contribution in [-0.4, -0.2) is 4.98 Å². The van der Waals surface area contributed by atoms with E-state index in [4.69, 9.17) is 4.74 Å². The number of nitrogens with zero attached hydrogens (tertiary/aromatic N) is 1. The Bertz CT molecular complexity index is 471. The van der Waals surface area contributed by atoms with Crippen LogP contribution in [0.5, 0.6) is 11.6 Å². The van der Waals surface area contributed by atoms with Gasteiger partial charge < -0.3 is 4.74 Å². The lowest BCUT2D eigenvalue weighted by Crippen LogP contribution is -1.91. The second-order valence-corrected chi connectivity index (χ2v) is 3.00. The third-order valence-electron chi connectivity index (χ3n) is 1.83. The molecule has 0 bridgehead atoms. The number of pyridine rings is 1. The first kappa shape index (κ1) is 9.65. The molecule has 0 saturated heterocycles. The molecule has 0 saturated carbocycles. The van der Waals surface area contributed by atoms with Crippen LogP contribution in [0.3, 0.4) is 0 Å². The van der Waals surface area contributed by atoms with Crippen molar-refractivity contribution in [2.75, 3.05) is 0 Å². The normalized spacial score (nSPS) is 10.0. The van der Waals surface area contributed by atoms with Crippen LogP contribution in [0.15, 0.2) is 42.5 Å². The average Bonchev–Trinajstić information content (AvgIpc) is 2.22. The second-order valence-electron chi connectivity index (χ2n) is 3.00. The van der Waals surface area contributed by atoms with Crippen LogP contribution in [0.1, 0.15) is 5.69 Å². The highest BCUT2D eigenvalue weighted by Crippen LogP contribution is 2.22. The molecule has 3 heteroatoms. The fraction of sp³-hybridized carbons (Fsp3) is 0. The standard InChI is InChI=1S/C12H9FNO/c1-9-5-4-8-12(14-9)15-11-7-3-2-6-10(11)13/h2-8H,1H2. The molecule has 0 unspecified atom stereocenters. The largest absolute Gasteiger partial charge is 0.436 e. The Labute approximate surface area is 87.4 Å². The van der Waals surface area contributed by atoms with Gasteiger partial charge in [0.25, 0.3) is 0 Å². The van der Waals surface area contributed by atoms with Gasteiger partial charge in [-0.3, -0.25) is 0 Å². The van der Waals surface area contributed by atoms with Gasteiger partial charge in [-0.15, -0.1) is 0 Å². The van der Waals surface area contributed by atoms with E-state index in [1.165, 1.54) is 6.07 Å². The Hall–Kier alpha value is -1.90. The summed E-state index contributed by atoms with van der Waals surface area (Å²) in [6.45, 7) is 3.66. The lowest BCUT2D eigenvalue weighted by Gasteiger charge is -2.05. The zero-order chi connectivity index (χ0) is 10.7. The fourth-order valence-electron chi connectivity index (χ4n) is 1.15. The first-order chi connectivity index (χ1) is 7.25. The van der Waals surface area contributed by atoms with E-state index in [-0.39, 0.29) is 5.75 Å². The molecular weight excluding hydrogens is 193 g/mol. The van der Waals surface area contributed by atoms with Gasteiger partial charge in [0, 0.05) is 11.8 Å². The third kappa shape index (κ3) is 2.31. The maximum Gasteiger partial charge on any atom is 0.219 e. The number of benzene rings is 1. The highest BCUT2D eigenvalue weighted by atomic mass is 19.1. The minimum absolute atomic E-state index is 0.163. The zero-order valence-corrected chi connectivity index (χ0v) is 7.98. The number of aromatic nitrogens is 1. The Morgan fingerprint density at radius 2 is 1.87 bits per heavy atom. The van der Waals surface area contributed by atoms with Crippen LogP contribution in [0.4, 0.5) is 4.39 Å². The molecule has 75 valence electrons. The van der Waals surface area contributed by atoms with E-state index in [0.717, 1.165) is 0 Å². The molecule has 1 aromatic heterocycles. The van der Waals surface area contributed by atoms with Crippen molar-refractivity contribution in [3.8, 4) is 11.6 Å². The smallest absolute Gasteiger partial charge is 0.219 e. The van der Waals surface area contributed by atoms with Gasteiger partial charge in [-0.05, 0) is 25.1 Å². The molecule has 0 spiro atoms. The van der Waals surface area contributed by atoms with E-state index < -0.39 is 5.82 Å². The minimum Gasteiger partial charge on any atom is -0.436 e. The van der Waals surface area contributed by atoms with Gasteiger partial charge in [0.15, 0.2) is 11.6 Å². The van der Waals surface area contributed by atoms with Crippen molar-refractivity contribution in [2.24, 2.45) is 0 Å². The Morgan fingerprint density at radius 3 is 2.60 bits per heavy atom. The first-order valence-electron chi connectivity index (χ1n) is 4.47. The predicted molar refractivity (Wildman–Crippen MR) is 55.2 cm³/mol. The van der Waals surface area contributed by atoms with Crippen LogP contribution < -0.4 is 4.74 Å². The molecule has 0 amide bonds. The summed E-state index contributed by atoms with van der Waals surface area (Å²) in [4.78, 5) is 4.01. The monoisotopic (exact) mass is 202 g/mol. The lowest BCUT2D eigenvalue weighted by atomic mass is 10.3. The van der Waals surface area contributed by atoms with Crippen LogP contribution in [0.25, 0.3) is 0 Å². The van der Waals surface area contributed by atoms with Gasteiger partial charge in [-0.25, -0.2) is 9.37 Å². The first-order valence-corrected chi connectivity index (χ1v) is 4.47. The third-order valence-corrected chi connectivity index (χ3v) is 1.83. The minimum atomic E-state index is -0.409. The predicted octanol–water partition coefficient (Wildman–Crippen LogP) is 3.20. The van der Waals surface area contributed by atoms with Gasteiger partial charge in [-0.2, -0.15) is 0 Å². The van der Waals surface area contributed by atoms with Gasteiger partial charge >= 0.3 is 0 Å². The topological polar surface area (TPSA) is 22.1 Å². The molecule has 15 heavy (non-hydrogen) atoms. The summed E-state index contributed by atoms with van der Waals surface area (Å²) in [6.07, 6.45) is 0. The van der Waals surface area contributed by atoms with Crippen molar-refractivity contribution in [1.82, 2.24) is 4.98 Å². The SMILES string of the molecule is [CH2]c1cccc(Oc2ccccc2F)n1. The van der Waals surface area contributed by atoms with Crippen molar-refractivity contribution in [3.05, 3.63) is 60.9 Å². The lowest BCUT2D eigenvalue weighted by molar-refractivity contribution is 0.427. The Morgan fingerprint density at radius 1 is 1.07 bits per heavy atom. The molecular formula is C12H9FNO. The molecule has 2 rings (SSSR count). The highest BCUT2D eigenvalue weighted by molar-refractivity contribution is 5.29. The molecule has 2 nitrogen and oxygen atoms in total. The number of hydrogen-bond acceptors (Lipinski definition) is 2. The summed E-state index contributed by atoms with van der Waals surface area (Å²) in [7, 11) is 0. The van der Waals surface area contributed by atoms with Crippen molar-refractivity contribution in [2.45, 2.75) is 0 Å². The van der Waals surface area contributed by atoms with Crippen molar-refractivity contribution >= 4 is 0 Å². The van der Waals surface area contributed by atoms with Gasteiger partial charge in [0.1, 0.15) is 0 Å². The molecule has 0 N–H and O–H groups in total. The molecule has 1 aromatic carbocycles. The maximum absolute atomic E-state index is 13.2. The van der Waals surface area contributed by atoms with Crippen LogP contribution in [-0.2, 0) is 0 Å². The molecule has 1 radical (unpaired) electrons. The number of rotatable bonds is 2. The quantitative estimate of drug-likeness (QED) is 0.746. The molecule has 0 aliphatic heterocycles. The van der Waals surface area contributed by atoms with Crippen molar-refractivity contribution in [3.63, 3.8) is 0 Å². The molecule has 0 aliphatic carbocycles. The molecule has 0 fully saturated rings. The van der Waals surface area contributed by atoms with Crippen molar-refractivity contribution < 1.29 is 9.13 Å². The van der Waals surface area contributed by atoms with E-state index in [2.05, 4.69) is 11.9 Å². The van der Waals surface area contributed by atoms with Gasteiger partial charge in [0.2, 0.25) is 5.88 Å². The number of para-hydroxylation sites is 1. The molecule has 2 aromatic rings. The maximum atomic E-state index is 13.2.